The lowest BCUT2D eigenvalue weighted by molar-refractivity contribution is 0.111. The molecular formula is C11H14N2O. The van der Waals surface area contributed by atoms with Gasteiger partial charge in [-0.1, -0.05) is 13.8 Å². The smallest absolute Gasteiger partial charge is 0.192 e. The molecule has 0 bridgehead atoms. The zero-order valence-corrected chi connectivity index (χ0v) is 8.58. The van der Waals surface area contributed by atoms with Gasteiger partial charge < -0.3 is 0 Å². The Morgan fingerprint density at radius 1 is 1.50 bits per heavy atom. The Hall–Kier alpha value is -1.25. The summed E-state index contributed by atoms with van der Waals surface area (Å²) in [6.45, 7) is 4.51. The summed E-state index contributed by atoms with van der Waals surface area (Å²) in [7, 11) is 0. The quantitative estimate of drug-likeness (QED) is 0.634. The van der Waals surface area contributed by atoms with Crippen LogP contribution in [0.15, 0.2) is 6.20 Å². The highest BCUT2D eigenvalue weighted by Gasteiger charge is 2.26. The fourth-order valence-electron chi connectivity index (χ4n) is 1.94. The lowest BCUT2D eigenvalue weighted by Gasteiger charge is -2.30. The molecule has 3 heteroatoms. The average Bonchev–Trinajstić information content (AvgIpc) is 2.16. The summed E-state index contributed by atoms with van der Waals surface area (Å²) in [6.07, 6.45) is 5.62. The van der Waals surface area contributed by atoms with Crippen LogP contribution in [0.5, 0.6) is 0 Å². The van der Waals surface area contributed by atoms with Gasteiger partial charge in [-0.3, -0.25) is 4.79 Å². The molecular weight excluding hydrogens is 176 g/mol. The van der Waals surface area contributed by atoms with Crippen molar-refractivity contribution in [2.75, 3.05) is 0 Å². The Labute approximate surface area is 83.6 Å². The van der Waals surface area contributed by atoms with Crippen LogP contribution >= 0.6 is 0 Å². The maximum atomic E-state index is 10.5. The van der Waals surface area contributed by atoms with Gasteiger partial charge in [-0.15, -0.1) is 0 Å². The summed E-state index contributed by atoms with van der Waals surface area (Å²) in [6, 6.07) is 0. The van der Waals surface area contributed by atoms with Crippen molar-refractivity contribution in [3.05, 3.63) is 23.3 Å². The number of carbonyl (C=O) groups excluding carboxylic acids is 1. The molecule has 0 aliphatic heterocycles. The minimum absolute atomic E-state index is 0.309. The summed E-state index contributed by atoms with van der Waals surface area (Å²) in [5, 5.41) is 0. The minimum Gasteiger partial charge on any atom is -0.294 e. The zero-order chi connectivity index (χ0) is 10.2. The van der Waals surface area contributed by atoms with Crippen LogP contribution in [0.2, 0.25) is 0 Å². The van der Waals surface area contributed by atoms with Gasteiger partial charge in [0.25, 0.3) is 0 Å². The monoisotopic (exact) mass is 190 g/mol. The van der Waals surface area contributed by atoms with Crippen molar-refractivity contribution in [3.63, 3.8) is 0 Å². The molecule has 0 saturated carbocycles. The molecule has 0 N–H and O–H groups in total. The number of rotatable bonds is 1. The van der Waals surface area contributed by atoms with Gasteiger partial charge in [0.2, 0.25) is 0 Å². The maximum Gasteiger partial charge on any atom is 0.192 e. The molecule has 1 aliphatic carbocycles. The first kappa shape index (κ1) is 9.31. The van der Waals surface area contributed by atoms with Crippen molar-refractivity contribution in [2.45, 2.75) is 33.1 Å². The number of hydrogen-bond acceptors (Lipinski definition) is 3. The van der Waals surface area contributed by atoms with Gasteiger partial charge in [-0.2, -0.15) is 0 Å². The molecule has 0 saturated heterocycles. The second-order valence-electron chi connectivity index (χ2n) is 4.66. The lowest BCUT2D eigenvalue weighted by Crippen LogP contribution is -2.23. The second kappa shape index (κ2) is 3.15. The van der Waals surface area contributed by atoms with E-state index >= 15 is 0 Å². The predicted molar refractivity (Wildman–Crippen MR) is 53.2 cm³/mol. The van der Waals surface area contributed by atoms with Crippen LogP contribution in [0.4, 0.5) is 0 Å². The highest BCUT2D eigenvalue weighted by molar-refractivity contribution is 5.68. The Morgan fingerprint density at radius 2 is 2.29 bits per heavy atom. The van der Waals surface area contributed by atoms with Crippen LogP contribution in [0.1, 0.15) is 42.1 Å². The van der Waals surface area contributed by atoms with Gasteiger partial charge in [0.1, 0.15) is 0 Å². The van der Waals surface area contributed by atoms with E-state index in [4.69, 9.17) is 0 Å². The number of carbonyl (C=O) groups is 1. The summed E-state index contributed by atoms with van der Waals surface area (Å²) in [4.78, 5) is 18.7. The van der Waals surface area contributed by atoms with Crippen LogP contribution in [-0.4, -0.2) is 16.3 Å². The normalized spacial score (nSPS) is 18.7. The van der Waals surface area contributed by atoms with E-state index in [9.17, 15) is 4.79 Å². The molecule has 74 valence electrons. The van der Waals surface area contributed by atoms with E-state index in [-0.39, 0.29) is 0 Å². The van der Waals surface area contributed by atoms with Gasteiger partial charge in [0.15, 0.2) is 12.1 Å². The Balaban J connectivity index is 2.37. The summed E-state index contributed by atoms with van der Waals surface area (Å²) >= 11 is 0. The first-order valence-electron chi connectivity index (χ1n) is 4.91. The molecule has 0 atom stereocenters. The van der Waals surface area contributed by atoms with Crippen LogP contribution in [0.3, 0.4) is 0 Å². The van der Waals surface area contributed by atoms with Crippen LogP contribution in [-0.2, 0) is 12.8 Å². The molecule has 0 radical (unpaired) electrons. The number of aldehydes is 1. The summed E-state index contributed by atoms with van der Waals surface area (Å²) in [5.41, 5.74) is 2.60. The van der Waals surface area contributed by atoms with E-state index < -0.39 is 0 Å². The molecule has 1 heterocycles. The third kappa shape index (κ3) is 1.67. The molecule has 0 aromatic carbocycles. The van der Waals surface area contributed by atoms with Crippen LogP contribution in [0, 0.1) is 5.41 Å². The van der Waals surface area contributed by atoms with E-state index in [2.05, 4.69) is 23.8 Å². The molecule has 3 nitrogen and oxygen atoms in total. The van der Waals surface area contributed by atoms with Gasteiger partial charge in [0.05, 0.1) is 0 Å². The van der Waals surface area contributed by atoms with Crippen molar-refractivity contribution < 1.29 is 4.79 Å². The Bertz CT molecular complexity index is 372. The van der Waals surface area contributed by atoms with Gasteiger partial charge in [0, 0.05) is 11.9 Å². The van der Waals surface area contributed by atoms with Crippen molar-refractivity contribution >= 4 is 6.29 Å². The second-order valence-corrected chi connectivity index (χ2v) is 4.66. The molecule has 0 unspecified atom stereocenters. The van der Waals surface area contributed by atoms with Crippen molar-refractivity contribution in [1.82, 2.24) is 9.97 Å². The fraction of sp³-hybridized carbons (Fsp3) is 0.545. The third-order valence-corrected chi connectivity index (χ3v) is 2.79. The first-order valence-corrected chi connectivity index (χ1v) is 4.91. The number of hydrogen-bond donors (Lipinski definition) is 0. The van der Waals surface area contributed by atoms with Crippen molar-refractivity contribution in [2.24, 2.45) is 5.41 Å². The standard InChI is InChI=1S/C11H14N2O/c1-11(2)4-3-9-8(5-11)6-12-10(7-14)13-9/h6-7H,3-5H2,1-2H3. The van der Waals surface area contributed by atoms with E-state index in [1.807, 2.05) is 0 Å². The van der Waals surface area contributed by atoms with Gasteiger partial charge in [-0.25, -0.2) is 9.97 Å². The lowest BCUT2D eigenvalue weighted by atomic mass is 9.76. The van der Waals surface area contributed by atoms with Crippen LogP contribution < -0.4 is 0 Å². The molecule has 0 spiro atoms. The molecule has 1 aromatic heterocycles. The first-order chi connectivity index (χ1) is 6.61. The highest BCUT2D eigenvalue weighted by atomic mass is 16.1. The number of nitrogens with zero attached hydrogens (tertiary/aromatic N) is 2. The average molecular weight is 190 g/mol. The molecule has 14 heavy (non-hydrogen) atoms. The zero-order valence-electron chi connectivity index (χ0n) is 8.58. The van der Waals surface area contributed by atoms with Crippen molar-refractivity contribution in [1.29, 1.82) is 0 Å². The molecule has 0 amide bonds. The number of aryl methyl sites for hydroxylation is 1. The molecule has 1 aromatic rings. The SMILES string of the molecule is CC1(C)CCc2nc(C=O)ncc2C1. The highest BCUT2D eigenvalue weighted by Crippen LogP contribution is 2.33. The number of fused-ring (bicyclic) bond motifs is 1. The largest absolute Gasteiger partial charge is 0.294 e. The molecule has 1 aliphatic rings. The van der Waals surface area contributed by atoms with Gasteiger partial charge in [-0.05, 0) is 30.2 Å². The van der Waals surface area contributed by atoms with Crippen molar-refractivity contribution in [3.8, 4) is 0 Å². The fourth-order valence-corrected chi connectivity index (χ4v) is 1.94. The summed E-state index contributed by atoms with van der Waals surface area (Å²) in [5.74, 6) is 0.309. The molecule has 2 rings (SSSR count). The third-order valence-electron chi connectivity index (χ3n) is 2.79. The predicted octanol–water partition coefficient (Wildman–Crippen LogP) is 1.80. The summed E-state index contributed by atoms with van der Waals surface area (Å²) < 4.78 is 0. The minimum atomic E-state index is 0.309. The topological polar surface area (TPSA) is 42.9 Å². The van der Waals surface area contributed by atoms with E-state index in [1.165, 1.54) is 5.56 Å². The Morgan fingerprint density at radius 3 is 3.00 bits per heavy atom. The number of aromatic nitrogens is 2. The van der Waals surface area contributed by atoms with Crippen LogP contribution in [0.25, 0.3) is 0 Å². The molecule has 0 fully saturated rings. The van der Waals surface area contributed by atoms with Gasteiger partial charge >= 0.3 is 0 Å². The maximum absolute atomic E-state index is 10.5. The van der Waals surface area contributed by atoms with E-state index in [0.29, 0.717) is 17.5 Å². The Kier molecular flexibility index (Phi) is 2.10. The van der Waals surface area contributed by atoms with E-state index in [0.717, 1.165) is 25.0 Å². The van der Waals surface area contributed by atoms with E-state index in [1.54, 1.807) is 6.20 Å².